The maximum Gasteiger partial charge on any atom is 0.228 e. The molecule has 10 heteroatoms. The maximum atomic E-state index is 12.7. The van der Waals surface area contributed by atoms with Crippen molar-refractivity contribution in [3.8, 4) is 11.4 Å². The number of aromatic nitrogens is 4. The van der Waals surface area contributed by atoms with Gasteiger partial charge in [0.05, 0.1) is 35.5 Å². The molecule has 0 atom stereocenters. The lowest BCUT2D eigenvalue weighted by Crippen LogP contribution is -2.36. The summed E-state index contributed by atoms with van der Waals surface area (Å²) in [6, 6.07) is 0. The van der Waals surface area contributed by atoms with Crippen LogP contribution in [0.5, 0.6) is 0 Å². The summed E-state index contributed by atoms with van der Waals surface area (Å²) in [5, 5.41) is 0. The minimum absolute atomic E-state index is 0.105. The second-order valence-electron chi connectivity index (χ2n) is 9.04. The van der Waals surface area contributed by atoms with Gasteiger partial charge in [0.2, 0.25) is 11.9 Å². The lowest BCUT2D eigenvalue weighted by atomic mass is 9.95. The van der Waals surface area contributed by atoms with Crippen molar-refractivity contribution in [2.45, 2.75) is 34.2 Å². The normalized spacial score (nSPS) is 14.7. The number of ether oxygens (including phenoxy) is 1. The molecule has 4 rings (SSSR count). The van der Waals surface area contributed by atoms with Crippen molar-refractivity contribution >= 4 is 39.2 Å². The Labute approximate surface area is 191 Å². The van der Waals surface area contributed by atoms with E-state index in [1.807, 2.05) is 27.8 Å². The van der Waals surface area contributed by atoms with Crippen LogP contribution in [0, 0.1) is 12.3 Å². The number of thiophene rings is 1. The Morgan fingerprint density at radius 1 is 1.22 bits per heavy atom. The molecule has 0 unspecified atom stereocenters. The lowest BCUT2D eigenvalue weighted by Gasteiger charge is -2.28. The minimum Gasteiger partial charge on any atom is -0.378 e. The first-order valence-electron chi connectivity index (χ1n) is 10.6. The van der Waals surface area contributed by atoms with Crippen LogP contribution in [0.1, 0.15) is 31.2 Å². The first kappa shape index (κ1) is 22.3. The Balaban J connectivity index is 1.81. The van der Waals surface area contributed by atoms with Crippen LogP contribution >= 0.6 is 11.3 Å². The minimum atomic E-state index is -0.430. The highest BCUT2D eigenvalue weighted by Gasteiger charge is 2.27. The molecule has 3 aromatic heterocycles. The van der Waals surface area contributed by atoms with Gasteiger partial charge in [0, 0.05) is 42.8 Å². The summed E-state index contributed by atoms with van der Waals surface area (Å²) in [5.41, 5.74) is 7.89. The Kier molecular flexibility index (Phi) is 6.00. The van der Waals surface area contributed by atoms with E-state index in [0.717, 1.165) is 39.6 Å². The molecule has 1 aliphatic heterocycles. The van der Waals surface area contributed by atoms with E-state index in [2.05, 4.69) is 21.8 Å². The second kappa shape index (κ2) is 8.59. The van der Waals surface area contributed by atoms with Gasteiger partial charge in [-0.15, -0.1) is 11.3 Å². The van der Waals surface area contributed by atoms with E-state index in [9.17, 15) is 4.79 Å². The molecule has 0 aromatic carbocycles. The predicted octanol–water partition coefficient (Wildman–Crippen LogP) is 2.88. The molecule has 0 spiro atoms. The van der Waals surface area contributed by atoms with Gasteiger partial charge in [-0.25, -0.2) is 19.9 Å². The molecule has 2 N–H and O–H groups in total. The summed E-state index contributed by atoms with van der Waals surface area (Å²) in [6.45, 7) is 11.2. The van der Waals surface area contributed by atoms with E-state index in [-0.39, 0.29) is 11.9 Å². The number of hydrogen-bond acceptors (Lipinski definition) is 9. The fourth-order valence-corrected chi connectivity index (χ4v) is 5.02. The van der Waals surface area contributed by atoms with Crippen LogP contribution in [0.2, 0.25) is 0 Å². The van der Waals surface area contributed by atoms with Gasteiger partial charge in [-0.3, -0.25) is 4.79 Å². The van der Waals surface area contributed by atoms with Gasteiger partial charge in [-0.1, -0.05) is 20.8 Å². The summed E-state index contributed by atoms with van der Waals surface area (Å²) < 4.78 is 6.57. The average molecular weight is 456 g/mol. The molecule has 0 bridgehead atoms. The zero-order valence-corrected chi connectivity index (χ0v) is 20.0. The molecule has 1 saturated heterocycles. The van der Waals surface area contributed by atoms with E-state index in [4.69, 9.17) is 20.4 Å². The fraction of sp³-hybridized carbons (Fsp3) is 0.500. The number of amides is 1. The molecular weight excluding hydrogens is 426 g/mol. The molecule has 1 fully saturated rings. The molecule has 1 amide bonds. The molecule has 0 saturated carbocycles. The SMILES string of the molecule is Cc1c(CN(C)C(=O)C(C)(C)C)sc2c(N3CCOCC3)nc(-c3cnc(N)nc3)nc12. The first-order valence-corrected chi connectivity index (χ1v) is 11.4. The van der Waals surface area contributed by atoms with Crippen LogP contribution in [0.3, 0.4) is 0 Å². The molecule has 32 heavy (non-hydrogen) atoms. The number of hydrogen-bond donors (Lipinski definition) is 1. The number of nitrogens with two attached hydrogens (primary N) is 1. The largest absolute Gasteiger partial charge is 0.378 e. The Hall–Kier alpha value is -2.85. The topological polar surface area (TPSA) is 110 Å². The summed E-state index contributed by atoms with van der Waals surface area (Å²) in [6.07, 6.45) is 3.29. The van der Waals surface area contributed by atoms with Crippen molar-refractivity contribution < 1.29 is 9.53 Å². The number of fused-ring (bicyclic) bond motifs is 1. The van der Waals surface area contributed by atoms with E-state index in [0.29, 0.717) is 31.1 Å². The molecule has 4 heterocycles. The van der Waals surface area contributed by atoms with Crippen molar-refractivity contribution in [3.63, 3.8) is 0 Å². The van der Waals surface area contributed by atoms with Crippen molar-refractivity contribution in [1.29, 1.82) is 0 Å². The van der Waals surface area contributed by atoms with Crippen LogP contribution in [0.25, 0.3) is 21.6 Å². The third-order valence-electron chi connectivity index (χ3n) is 5.46. The van der Waals surface area contributed by atoms with Gasteiger partial charge in [0.25, 0.3) is 0 Å². The third kappa shape index (κ3) is 4.37. The van der Waals surface area contributed by atoms with Crippen molar-refractivity contribution in [1.82, 2.24) is 24.8 Å². The van der Waals surface area contributed by atoms with Gasteiger partial charge in [0.15, 0.2) is 11.6 Å². The highest BCUT2D eigenvalue weighted by Crippen LogP contribution is 2.38. The maximum absolute atomic E-state index is 12.7. The average Bonchev–Trinajstić information content (AvgIpc) is 3.08. The number of nitrogen functional groups attached to an aromatic ring is 1. The highest BCUT2D eigenvalue weighted by atomic mass is 32.1. The van der Waals surface area contributed by atoms with E-state index >= 15 is 0 Å². The number of rotatable bonds is 4. The Morgan fingerprint density at radius 3 is 2.50 bits per heavy atom. The fourth-order valence-electron chi connectivity index (χ4n) is 3.70. The number of carbonyl (C=O) groups is 1. The quantitative estimate of drug-likeness (QED) is 0.639. The number of nitrogens with zero attached hydrogens (tertiary/aromatic N) is 6. The van der Waals surface area contributed by atoms with E-state index in [1.54, 1.807) is 28.6 Å². The van der Waals surface area contributed by atoms with E-state index < -0.39 is 5.41 Å². The van der Waals surface area contributed by atoms with Gasteiger partial charge in [0.1, 0.15) is 0 Å². The molecule has 0 aliphatic carbocycles. The zero-order chi connectivity index (χ0) is 23.0. The van der Waals surface area contributed by atoms with Crippen molar-refractivity contribution in [2.75, 3.05) is 44.0 Å². The summed E-state index contributed by atoms with van der Waals surface area (Å²) >= 11 is 1.65. The zero-order valence-electron chi connectivity index (χ0n) is 19.2. The van der Waals surface area contributed by atoms with E-state index in [1.165, 1.54) is 0 Å². The molecule has 170 valence electrons. The number of carbonyl (C=O) groups excluding carboxylic acids is 1. The van der Waals surface area contributed by atoms with Crippen LogP contribution in [-0.4, -0.2) is 64.1 Å². The number of anilines is 2. The summed E-state index contributed by atoms with van der Waals surface area (Å²) in [5.74, 6) is 1.76. The molecular formula is C22H29N7O2S. The predicted molar refractivity (Wildman–Crippen MR) is 127 cm³/mol. The molecule has 3 aromatic rings. The molecule has 0 radical (unpaired) electrons. The Bertz CT molecular complexity index is 1130. The smallest absolute Gasteiger partial charge is 0.228 e. The van der Waals surface area contributed by atoms with Crippen molar-refractivity contribution in [2.24, 2.45) is 5.41 Å². The van der Waals surface area contributed by atoms with Crippen LogP contribution in [-0.2, 0) is 16.1 Å². The molecule has 9 nitrogen and oxygen atoms in total. The third-order valence-corrected chi connectivity index (χ3v) is 6.72. The highest BCUT2D eigenvalue weighted by molar-refractivity contribution is 7.19. The standard InChI is InChI=1S/C22H29N7O2S/c1-13-15(12-28(5)20(30)22(2,3)4)32-17-16(13)26-18(14-10-24-21(23)25-11-14)27-19(17)29-6-8-31-9-7-29/h10-11H,6-9,12H2,1-5H3,(H2,23,24,25). The number of morpholine rings is 1. The summed E-state index contributed by atoms with van der Waals surface area (Å²) in [7, 11) is 1.85. The van der Waals surface area contributed by atoms with Gasteiger partial charge in [-0.05, 0) is 12.5 Å². The second-order valence-corrected chi connectivity index (χ2v) is 10.1. The first-order chi connectivity index (χ1) is 15.1. The van der Waals surface area contributed by atoms with Gasteiger partial charge >= 0.3 is 0 Å². The van der Waals surface area contributed by atoms with Crippen LogP contribution < -0.4 is 10.6 Å². The monoisotopic (exact) mass is 455 g/mol. The van der Waals surface area contributed by atoms with Crippen LogP contribution in [0.4, 0.5) is 11.8 Å². The van der Waals surface area contributed by atoms with Gasteiger partial charge < -0.3 is 20.3 Å². The van der Waals surface area contributed by atoms with Crippen molar-refractivity contribution in [3.05, 3.63) is 22.8 Å². The van der Waals surface area contributed by atoms with Crippen LogP contribution in [0.15, 0.2) is 12.4 Å². The lowest BCUT2D eigenvalue weighted by molar-refractivity contribution is -0.138. The molecule has 1 aliphatic rings. The Morgan fingerprint density at radius 2 is 1.88 bits per heavy atom. The number of aryl methyl sites for hydroxylation is 1. The summed E-state index contributed by atoms with van der Waals surface area (Å²) in [4.78, 5) is 35.8. The van der Waals surface area contributed by atoms with Gasteiger partial charge in [-0.2, -0.15) is 0 Å².